The summed E-state index contributed by atoms with van der Waals surface area (Å²) in [6.07, 6.45) is 2.73. The molecule has 116 valence electrons. The molecule has 0 atom stereocenters. The molecule has 0 bridgehead atoms. The summed E-state index contributed by atoms with van der Waals surface area (Å²) in [5.74, 6) is 4.16. The molecule has 0 spiro atoms. The van der Waals surface area contributed by atoms with Gasteiger partial charge in [0.2, 0.25) is 0 Å². The number of benzene rings is 1. The van der Waals surface area contributed by atoms with Crippen LogP contribution in [0, 0.1) is 11.8 Å². The van der Waals surface area contributed by atoms with Crippen molar-refractivity contribution in [3.05, 3.63) is 24.3 Å². The highest BCUT2D eigenvalue weighted by Gasteiger charge is 2.16. The number of phenols is 1. The minimum Gasteiger partial charge on any atom is -0.507 e. The topological polar surface area (TPSA) is 91.7 Å². The summed E-state index contributed by atoms with van der Waals surface area (Å²) in [6.45, 7) is 3.14. The summed E-state index contributed by atoms with van der Waals surface area (Å²) >= 11 is 0. The number of phenolic OH excluding ortho intramolecular Hbond substituents is 1. The summed E-state index contributed by atoms with van der Waals surface area (Å²) in [5, 5.41) is 16.9. The molecule has 21 heavy (non-hydrogen) atoms. The number of rotatable bonds is 4. The second-order valence-electron chi connectivity index (χ2n) is 4.20. The van der Waals surface area contributed by atoms with Crippen molar-refractivity contribution in [2.24, 2.45) is 0 Å². The lowest BCUT2D eigenvalue weighted by molar-refractivity contribution is -0.134. The van der Waals surface area contributed by atoms with Crippen LogP contribution in [0.25, 0.3) is 0 Å². The molecule has 0 fully saturated rings. The Balaban J connectivity index is 0.000000885. The number of carbonyl (C=O) groups is 1. The lowest BCUT2D eigenvalue weighted by Crippen LogP contribution is -2.05. The molecule has 0 aromatic heterocycles. The molecule has 0 amide bonds. The molecule has 6 heteroatoms. The molecule has 0 heterocycles. The van der Waals surface area contributed by atoms with Gasteiger partial charge < -0.3 is 10.2 Å². The largest absolute Gasteiger partial charge is 0.507 e. The van der Waals surface area contributed by atoms with E-state index in [-0.39, 0.29) is 16.4 Å². The van der Waals surface area contributed by atoms with Crippen molar-refractivity contribution in [2.75, 3.05) is 5.75 Å². The fourth-order valence-corrected chi connectivity index (χ4v) is 2.42. The van der Waals surface area contributed by atoms with E-state index >= 15 is 0 Å². The third kappa shape index (κ3) is 8.71. The molecule has 1 aromatic carbocycles. The first-order chi connectivity index (χ1) is 9.81. The second-order valence-corrected chi connectivity index (χ2v) is 6.16. The number of aliphatic carboxylic acids is 1. The highest BCUT2D eigenvalue weighted by atomic mass is 32.2. The summed E-state index contributed by atoms with van der Waals surface area (Å²) < 4.78 is 23.6. The first-order valence-corrected chi connectivity index (χ1v) is 8.12. The standard InChI is InChI=1S/C13H16O3S.C2H4O2/c1-2-3-4-5-8-11-17(15,16)13-10-7-6-9-12(13)14;1-2(3)4/h6-7,9-10,14H,2-4,11H2,1H3;1H3,(H,3,4). The summed E-state index contributed by atoms with van der Waals surface area (Å²) in [6, 6.07) is 5.91. The van der Waals surface area contributed by atoms with Gasteiger partial charge in [0.05, 0.1) is 0 Å². The van der Waals surface area contributed by atoms with E-state index in [1.807, 2.05) is 0 Å². The number of unbranched alkanes of at least 4 members (excludes halogenated alkanes) is 2. The van der Waals surface area contributed by atoms with Gasteiger partial charge in [0, 0.05) is 13.3 Å². The Hall–Kier alpha value is -2.00. The van der Waals surface area contributed by atoms with Crippen LogP contribution in [-0.2, 0) is 14.6 Å². The average Bonchev–Trinajstić information content (AvgIpc) is 2.38. The van der Waals surface area contributed by atoms with Gasteiger partial charge in [-0.05, 0) is 18.6 Å². The first-order valence-electron chi connectivity index (χ1n) is 6.47. The van der Waals surface area contributed by atoms with E-state index in [1.54, 1.807) is 12.1 Å². The molecule has 0 aliphatic heterocycles. The Morgan fingerprint density at radius 2 is 1.81 bits per heavy atom. The lowest BCUT2D eigenvalue weighted by Gasteiger charge is -2.02. The maximum atomic E-state index is 11.8. The Morgan fingerprint density at radius 3 is 2.33 bits per heavy atom. The van der Waals surface area contributed by atoms with Crippen LogP contribution in [0.15, 0.2) is 29.2 Å². The molecule has 0 aliphatic rings. The monoisotopic (exact) mass is 312 g/mol. The molecule has 0 saturated heterocycles. The van der Waals surface area contributed by atoms with Crippen LogP contribution in [0.4, 0.5) is 0 Å². The van der Waals surface area contributed by atoms with Crippen molar-refractivity contribution in [1.29, 1.82) is 0 Å². The Kier molecular flexibility index (Phi) is 8.90. The molecular weight excluding hydrogens is 292 g/mol. The molecule has 1 rings (SSSR count). The van der Waals surface area contributed by atoms with Gasteiger partial charge in [-0.25, -0.2) is 8.42 Å². The highest BCUT2D eigenvalue weighted by molar-refractivity contribution is 7.91. The van der Waals surface area contributed by atoms with E-state index in [9.17, 15) is 13.5 Å². The normalized spacial score (nSPS) is 9.81. The number of hydrogen-bond acceptors (Lipinski definition) is 4. The molecule has 1 aromatic rings. The van der Waals surface area contributed by atoms with E-state index in [2.05, 4.69) is 18.8 Å². The van der Waals surface area contributed by atoms with Gasteiger partial charge in [-0.1, -0.05) is 31.4 Å². The van der Waals surface area contributed by atoms with Gasteiger partial charge in [-0.2, -0.15) is 0 Å². The van der Waals surface area contributed by atoms with E-state index in [0.717, 1.165) is 19.8 Å². The predicted octanol–water partition coefficient (Wildman–Crippen LogP) is 2.45. The van der Waals surface area contributed by atoms with Gasteiger partial charge in [0.25, 0.3) is 5.97 Å². The highest BCUT2D eigenvalue weighted by Crippen LogP contribution is 2.22. The number of carboxylic acids is 1. The van der Waals surface area contributed by atoms with Crippen molar-refractivity contribution >= 4 is 15.8 Å². The smallest absolute Gasteiger partial charge is 0.300 e. The van der Waals surface area contributed by atoms with E-state index < -0.39 is 15.8 Å². The zero-order valence-electron chi connectivity index (χ0n) is 12.2. The fourth-order valence-electron chi connectivity index (χ4n) is 1.30. The SMILES string of the molecule is CC(=O)O.CCCCC#CCS(=O)(=O)c1ccccc1O. The molecule has 5 nitrogen and oxygen atoms in total. The Labute approximate surface area is 125 Å². The van der Waals surface area contributed by atoms with Crippen LogP contribution in [0.5, 0.6) is 5.75 Å². The summed E-state index contributed by atoms with van der Waals surface area (Å²) in [4.78, 5) is 8.95. The molecule has 2 N–H and O–H groups in total. The van der Waals surface area contributed by atoms with Crippen LogP contribution in [0.2, 0.25) is 0 Å². The van der Waals surface area contributed by atoms with Gasteiger partial charge in [0.1, 0.15) is 16.4 Å². The van der Waals surface area contributed by atoms with Crippen molar-refractivity contribution in [3.8, 4) is 17.6 Å². The maximum absolute atomic E-state index is 11.8. The molecule has 0 radical (unpaired) electrons. The molecule has 0 aliphatic carbocycles. The Bertz CT molecular complexity index is 604. The van der Waals surface area contributed by atoms with Crippen LogP contribution < -0.4 is 0 Å². The number of para-hydroxylation sites is 1. The quantitative estimate of drug-likeness (QED) is 0.658. The molecule has 0 saturated carbocycles. The van der Waals surface area contributed by atoms with E-state index in [4.69, 9.17) is 9.90 Å². The van der Waals surface area contributed by atoms with Crippen LogP contribution in [0.3, 0.4) is 0 Å². The van der Waals surface area contributed by atoms with Crippen molar-refractivity contribution < 1.29 is 23.4 Å². The predicted molar refractivity (Wildman–Crippen MR) is 80.8 cm³/mol. The maximum Gasteiger partial charge on any atom is 0.300 e. The van der Waals surface area contributed by atoms with Gasteiger partial charge in [-0.3, -0.25) is 4.79 Å². The zero-order chi connectivity index (χ0) is 16.3. The van der Waals surface area contributed by atoms with E-state index in [0.29, 0.717) is 6.42 Å². The van der Waals surface area contributed by atoms with Crippen LogP contribution in [-0.4, -0.2) is 30.4 Å². The lowest BCUT2D eigenvalue weighted by atomic mass is 10.3. The average molecular weight is 312 g/mol. The van der Waals surface area contributed by atoms with Crippen molar-refractivity contribution in [1.82, 2.24) is 0 Å². The van der Waals surface area contributed by atoms with Crippen molar-refractivity contribution in [2.45, 2.75) is 38.0 Å². The molecular formula is C15H20O5S. The third-order valence-electron chi connectivity index (χ3n) is 2.24. The third-order valence-corrected chi connectivity index (χ3v) is 3.78. The minimum atomic E-state index is -3.50. The van der Waals surface area contributed by atoms with Crippen LogP contribution >= 0.6 is 0 Å². The second kappa shape index (κ2) is 9.83. The van der Waals surface area contributed by atoms with Crippen molar-refractivity contribution in [3.63, 3.8) is 0 Å². The zero-order valence-corrected chi connectivity index (χ0v) is 13.0. The minimum absolute atomic E-state index is 0.0511. The molecule has 0 unspecified atom stereocenters. The number of carboxylic acid groups (broad SMARTS) is 1. The Morgan fingerprint density at radius 1 is 1.24 bits per heavy atom. The fraction of sp³-hybridized carbons (Fsp3) is 0.400. The first kappa shape index (κ1) is 19.0. The number of sulfone groups is 1. The number of hydrogen-bond donors (Lipinski definition) is 2. The van der Waals surface area contributed by atoms with Gasteiger partial charge >= 0.3 is 0 Å². The number of aromatic hydroxyl groups is 1. The van der Waals surface area contributed by atoms with E-state index in [1.165, 1.54) is 12.1 Å². The summed E-state index contributed by atoms with van der Waals surface area (Å²) in [5.41, 5.74) is 0. The van der Waals surface area contributed by atoms with Gasteiger partial charge in [0.15, 0.2) is 9.84 Å². The van der Waals surface area contributed by atoms with Crippen LogP contribution in [0.1, 0.15) is 33.1 Å². The summed E-state index contributed by atoms with van der Waals surface area (Å²) in [7, 11) is -3.50. The van der Waals surface area contributed by atoms with Gasteiger partial charge in [-0.15, -0.1) is 5.92 Å².